The second-order valence-corrected chi connectivity index (χ2v) is 5.60. The molecule has 0 unspecified atom stereocenters. The van der Waals surface area contributed by atoms with Gasteiger partial charge in [0.25, 0.3) is 0 Å². The lowest BCUT2D eigenvalue weighted by atomic mass is 10.1. The molecule has 0 spiro atoms. The van der Waals surface area contributed by atoms with E-state index in [1.807, 2.05) is 30.8 Å². The predicted molar refractivity (Wildman–Crippen MR) is 70.8 cm³/mol. The monoisotopic (exact) mass is 250 g/mol. The van der Waals surface area contributed by atoms with Gasteiger partial charge in [0.2, 0.25) is 0 Å². The Labute approximate surface area is 107 Å². The summed E-state index contributed by atoms with van der Waals surface area (Å²) in [6, 6.07) is 7.99. The predicted octanol–water partition coefficient (Wildman–Crippen LogP) is 3.55. The van der Waals surface area contributed by atoms with Crippen molar-refractivity contribution in [1.29, 1.82) is 0 Å². The quantitative estimate of drug-likeness (QED) is 0.764. The Hall–Kier alpha value is -0.800. The summed E-state index contributed by atoms with van der Waals surface area (Å²) in [5.41, 5.74) is 0.823. The molecule has 1 aromatic rings. The van der Waals surface area contributed by atoms with Gasteiger partial charge in [-0.3, -0.25) is 4.79 Å². The lowest BCUT2D eigenvalue weighted by Gasteiger charge is -2.21. The van der Waals surface area contributed by atoms with Crippen LogP contribution in [0, 0.1) is 0 Å². The molecular formula is C14H18O2S. The van der Waals surface area contributed by atoms with Gasteiger partial charge < -0.3 is 4.74 Å². The minimum Gasteiger partial charge on any atom is -0.381 e. The molecule has 0 N–H and O–H groups in total. The molecule has 1 aliphatic rings. The first-order chi connectivity index (χ1) is 8.29. The lowest BCUT2D eigenvalue weighted by molar-refractivity contribution is 0.0988. The SMILES string of the molecule is CCC(=O)c1ccc(SC2CCOCC2)cc1. The second-order valence-electron chi connectivity index (χ2n) is 4.23. The first-order valence-corrected chi connectivity index (χ1v) is 7.05. The molecule has 0 atom stereocenters. The highest BCUT2D eigenvalue weighted by Crippen LogP contribution is 2.29. The van der Waals surface area contributed by atoms with Crippen molar-refractivity contribution in [2.75, 3.05) is 13.2 Å². The van der Waals surface area contributed by atoms with Crippen LogP contribution in [0.25, 0.3) is 0 Å². The van der Waals surface area contributed by atoms with Gasteiger partial charge in [-0.05, 0) is 25.0 Å². The summed E-state index contributed by atoms with van der Waals surface area (Å²) in [5, 5.41) is 0.663. The van der Waals surface area contributed by atoms with Crippen LogP contribution >= 0.6 is 11.8 Å². The fourth-order valence-corrected chi connectivity index (χ4v) is 3.02. The Morgan fingerprint density at radius 1 is 1.29 bits per heavy atom. The summed E-state index contributed by atoms with van der Waals surface area (Å²) >= 11 is 1.90. The zero-order valence-electron chi connectivity index (χ0n) is 10.1. The van der Waals surface area contributed by atoms with Crippen molar-refractivity contribution in [3.05, 3.63) is 29.8 Å². The van der Waals surface area contributed by atoms with E-state index in [4.69, 9.17) is 4.74 Å². The zero-order valence-corrected chi connectivity index (χ0v) is 11.0. The molecule has 1 saturated heterocycles. The first-order valence-electron chi connectivity index (χ1n) is 6.17. The molecule has 0 saturated carbocycles. The maximum Gasteiger partial charge on any atom is 0.162 e. The molecule has 0 amide bonds. The van der Waals surface area contributed by atoms with Gasteiger partial charge >= 0.3 is 0 Å². The molecule has 92 valence electrons. The second kappa shape index (κ2) is 6.22. The minimum atomic E-state index is 0.215. The summed E-state index contributed by atoms with van der Waals surface area (Å²) in [7, 11) is 0. The summed E-state index contributed by atoms with van der Waals surface area (Å²) in [6.07, 6.45) is 2.83. The fraction of sp³-hybridized carbons (Fsp3) is 0.500. The molecule has 1 aliphatic heterocycles. The van der Waals surface area contributed by atoms with Gasteiger partial charge in [-0.1, -0.05) is 19.1 Å². The number of Topliss-reactive ketones (excluding diaryl/α,β-unsaturated/α-hetero) is 1. The van der Waals surface area contributed by atoms with Crippen molar-refractivity contribution in [3.63, 3.8) is 0 Å². The molecule has 2 nitrogen and oxygen atoms in total. The standard InChI is InChI=1S/C14H18O2S/c1-2-14(15)11-3-5-12(6-4-11)17-13-7-9-16-10-8-13/h3-6,13H,2,7-10H2,1H3. The maximum atomic E-state index is 11.5. The largest absolute Gasteiger partial charge is 0.381 e. The van der Waals surface area contributed by atoms with E-state index in [0.29, 0.717) is 11.7 Å². The van der Waals surface area contributed by atoms with Crippen LogP contribution < -0.4 is 0 Å². The molecule has 3 heteroatoms. The molecule has 1 aromatic carbocycles. The van der Waals surface area contributed by atoms with Gasteiger partial charge in [-0.2, -0.15) is 0 Å². The molecular weight excluding hydrogens is 232 g/mol. The van der Waals surface area contributed by atoms with Gasteiger partial charge in [0.05, 0.1) is 0 Å². The van der Waals surface area contributed by atoms with Crippen molar-refractivity contribution in [2.45, 2.75) is 36.3 Å². The third-order valence-corrected chi connectivity index (χ3v) is 4.32. The Morgan fingerprint density at radius 3 is 2.53 bits per heavy atom. The van der Waals surface area contributed by atoms with Crippen LogP contribution in [0.1, 0.15) is 36.5 Å². The van der Waals surface area contributed by atoms with Crippen molar-refractivity contribution in [3.8, 4) is 0 Å². The van der Waals surface area contributed by atoms with E-state index in [9.17, 15) is 4.79 Å². The van der Waals surface area contributed by atoms with Crippen molar-refractivity contribution in [1.82, 2.24) is 0 Å². The Bertz CT molecular complexity index is 366. The van der Waals surface area contributed by atoms with E-state index in [0.717, 1.165) is 31.6 Å². The number of carbonyl (C=O) groups excluding carboxylic acids is 1. The smallest absolute Gasteiger partial charge is 0.162 e. The van der Waals surface area contributed by atoms with Crippen LogP contribution in [0.4, 0.5) is 0 Å². The summed E-state index contributed by atoms with van der Waals surface area (Å²) in [6.45, 7) is 3.65. The first kappa shape index (κ1) is 12.7. The number of ketones is 1. The number of hydrogen-bond acceptors (Lipinski definition) is 3. The minimum absolute atomic E-state index is 0.215. The van der Waals surface area contributed by atoms with Gasteiger partial charge in [-0.25, -0.2) is 0 Å². The van der Waals surface area contributed by atoms with Crippen LogP contribution in [-0.4, -0.2) is 24.2 Å². The van der Waals surface area contributed by atoms with E-state index >= 15 is 0 Å². The number of benzene rings is 1. The van der Waals surface area contributed by atoms with Crippen molar-refractivity contribution < 1.29 is 9.53 Å². The Balaban J connectivity index is 1.95. The highest BCUT2D eigenvalue weighted by molar-refractivity contribution is 8.00. The van der Waals surface area contributed by atoms with E-state index < -0.39 is 0 Å². The molecule has 0 bridgehead atoms. The maximum absolute atomic E-state index is 11.5. The number of hydrogen-bond donors (Lipinski definition) is 0. The molecule has 2 rings (SSSR count). The summed E-state index contributed by atoms with van der Waals surface area (Å²) in [5.74, 6) is 0.215. The third kappa shape index (κ3) is 3.58. The summed E-state index contributed by atoms with van der Waals surface area (Å²) in [4.78, 5) is 12.7. The number of carbonyl (C=O) groups is 1. The Kier molecular flexibility index (Phi) is 4.63. The molecule has 0 aliphatic carbocycles. The molecule has 1 heterocycles. The molecule has 0 aromatic heterocycles. The van der Waals surface area contributed by atoms with E-state index in [-0.39, 0.29) is 5.78 Å². The third-order valence-electron chi connectivity index (χ3n) is 2.97. The van der Waals surface area contributed by atoms with Crippen LogP contribution in [0.5, 0.6) is 0 Å². The Morgan fingerprint density at radius 2 is 1.94 bits per heavy atom. The van der Waals surface area contributed by atoms with Crippen molar-refractivity contribution >= 4 is 17.5 Å². The van der Waals surface area contributed by atoms with Gasteiger partial charge in [0, 0.05) is 35.3 Å². The van der Waals surface area contributed by atoms with Gasteiger partial charge in [0.1, 0.15) is 0 Å². The molecule has 17 heavy (non-hydrogen) atoms. The average molecular weight is 250 g/mol. The number of thioether (sulfide) groups is 1. The fourth-order valence-electron chi connectivity index (χ4n) is 1.91. The summed E-state index contributed by atoms with van der Waals surface area (Å²) < 4.78 is 5.34. The molecule has 0 radical (unpaired) electrons. The number of rotatable bonds is 4. The highest BCUT2D eigenvalue weighted by atomic mass is 32.2. The van der Waals surface area contributed by atoms with Crippen LogP contribution in [-0.2, 0) is 4.74 Å². The van der Waals surface area contributed by atoms with E-state index in [1.54, 1.807) is 0 Å². The van der Waals surface area contributed by atoms with Gasteiger partial charge in [-0.15, -0.1) is 11.8 Å². The zero-order chi connectivity index (χ0) is 12.1. The highest BCUT2D eigenvalue weighted by Gasteiger charge is 2.14. The normalized spacial score (nSPS) is 17.0. The van der Waals surface area contributed by atoms with Crippen LogP contribution in [0.3, 0.4) is 0 Å². The van der Waals surface area contributed by atoms with Crippen LogP contribution in [0.2, 0.25) is 0 Å². The van der Waals surface area contributed by atoms with Gasteiger partial charge in [0.15, 0.2) is 5.78 Å². The molecule has 1 fully saturated rings. The average Bonchev–Trinajstić information content (AvgIpc) is 2.40. The van der Waals surface area contributed by atoms with E-state index in [1.165, 1.54) is 4.90 Å². The van der Waals surface area contributed by atoms with E-state index in [2.05, 4.69) is 12.1 Å². The van der Waals surface area contributed by atoms with Crippen LogP contribution in [0.15, 0.2) is 29.2 Å². The number of ether oxygens (including phenoxy) is 1. The topological polar surface area (TPSA) is 26.3 Å². The lowest BCUT2D eigenvalue weighted by Crippen LogP contribution is -2.17. The van der Waals surface area contributed by atoms with Crippen molar-refractivity contribution in [2.24, 2.45) is 0 Å².